The smallest absolute Gasteiger partial charge is 0.152 e. The van der Waals surface area contributed by atoms with Gasteiger partial charge in [0, 0.05) is 11.3 Å². The van der Waals surface area contributed by atoms with Gasteiger partial charge in [0.2, 0.25) is 0 Å². The van der Waals surface area contributed by atoms with Gasteiger partial charge in [0.25, 0.3) is 0 Å². The zero-order chi connectivity index (χ0) is 10.7. The Morgan fingerprint density at radius 3 is 2.71 bits per heavy atom. The first-order valence-electron chi connectivity index (χ1n) is 3.82. The van der Waals surface area contributed by atoms with E-state index in [0.29, 0.717) is 0 Å². The molecule has 0 amide bonds. The van der Waals surface area contributed by atoms with Crippen molar-refractivity contribution < 1.29 is 10.2 Å². The molecule has 1 heterocycles. The lowest BCUT2D eigenvalue weighted by Crippen LogP contribution is -2.21. The third-order valence-electron chi connectivity index (χ3n) is 1.69. The molecule has 14 heavy (non-hydrogen) atoms. The number of rotatable bonds is 3. The molecule has 7 heteroatoms. The normalized spacial score (nSPS) is 15.1. The van der Waals surface area contributed by atoms with E-state index in [1.54, 1.807) is 0 Å². The molecule has 0 radical (unpaired) electrons. The lowest BCUT2D eigenvalue weighted by atomic mass is 10.1. The van der Waals surface area contributed by atoms with Crippen LogP contribution in [0.5, 0.6) is 0 Å². The fraction of sp³-hybridized carbons (Fsp3) is 0.429. The van der Waals surface area contributed by atoms with E-state index in [0.717, 1.165) is 0 Å². The van der Waals surface area contributed by atoms with E-state index in [4.69, 9.17) is 17.3 Å². The van der Waals surface area contributed by atoms with Crippen molar-refractivity contribution in [3.05, 3.63) is 16.8 Å². The number of nitrogen functional groups attached to an aromatic ring is 1. The molecule has 0 saturated heterocycles. The molecule has 1 aromatic rings. The molecule has 0 spiro atoms. The number of hydrogen-bond donors (Lipinski definition) is 4. The van der Waals surface area contributed by atoms with E-state index < -0.39 is 12.2 Å². The molecular weight excluding hydrogens is 226 g/mol. The Labute approximate surface area is 91.3 Å². The summed E-state index contributed by atoms with van der Waals surface area (Å²) in [5.74, 6) is 0.156. The average Bonchev–Trinajstić information content (AvgIpc) is 2.19. The Kier molecular flexibility index (Phi) is 3.94. The summed E-state index contributed by atoms with van der Waals surface area (Å²) in [7, 11) is 0. The average molecular weight is 236 g/mol. The number of anilines is 1. The van der Waals surface area contributed by atoms with E-state index in [-0.39, 0.29) is 22.3 Å². The summed E-state index contributed by atoms with van der Waals surface area (Å²) < 4.78 is 0. The number of aromatic nitrogens is 2. The van der Waals surface area contributed by atoms with Crippen LogP contribution in [-0.4, -0.2) is 32.3 Å². The maximum Gasteiger partial charge on any atom is 0.152 e. The number of halogens is 1. The van der Waals surface area contributed by atoms with Crippen molar-refractivity contribution in [3.8, 4) is 0 Å². The van der Waals surface area contributed by atoms with E-state index in [2.05, 4.69) is 22.8 Å². The molecule has 2 unspecified atom stereocenters. The molecule has 0 aromatic carbocycles. The van der Waals surface area contributed by atoms with Gasteiger partial charge in [-0.1, -0.05) is 11.6 Å². The highest BCUT2D eigenvalue weighted by atomic mass is 35.5. The summed E-state index contributed by atoms with van der Waals surface area (Å²) in [6.07, 6.45) is -2.17. The minimum atomic E-state index is -1.15. The van der Waals surface area contributed by atoms with Crippen molar-refractivity contribution in [1.82, 2.24) is 10.2 Å². The molecule has 0 saturated carbocycles. The van der Waals surface area contributed by atoms with Crippen molar-refractivity contribution in [1.29, 1.82) is 0 Å². The van der Waals surface area contributed by atoms with E-state index in [1.165, 1.54) is 6.07 Å². The van der Waals surface area contributed by atoms with Gasteiger partial charge < -0.3 is 15.9 Å². The lowest BCUT2D eigenvalue weighted by molar-refractivity contribution is 0.0340. The highest BCUT2D eigenvalue weighted by Crippen LogP contribution is 2.23. The molecule has 5 nitrogen and oxygen atoms in total. The molecule has 1 rings (SSSR count). The number of hydrogen-bond acceptors (Lipinski definition) is 6. The number of thiol groups is 1. The molecule has 0 fully saturated rings. The number of aliphatic hydroxyl groups is 2. The molecule has 2 atom stereocenters. The van der Waals surface area contributed by atoms with Crippen LogP contribution in [0.2, 0.25) is 5.15 Å². The Balaban J connectivity index is 2.99. The van der Waals surface area contributed by atoms with Crippen LogP contribution in [0.4, 0.5) is 5.82 Å². The van der Waals surface area contributed by atoms with Gasteiger partial charge in [-0.2, -0.15) is 12.6 Å². The van der Waals surface area contributed by atoms with Crippen LogP contribution in [0.3, 0.4) is 0 Å². The molecule has 4 N–H and O–H groups in total. The first-order chi connectivity index (χ1) is 6.56. The summed E-state index contributed by atoms with van der Waals surface area (Å²) in [6, 6.07) is 1.36. The monoisotopic (exact) mass is 235 g/mol. The molecule has 0 aliphatic rings. The number of nitrogens with two attached hydrogens (primary N) is 1. The van der Waals surface area contributed by atoms with E-state index in [9.17, 15) is 10.2 Å². The van der Waals surface area contributed by atoms with Gasteiger partial charge in [-0.25, -0.2) is 0 Å². The fourth-order valence-electron chi connectivity index (χ4n) is 0.935. The molecule has 1 aromatic heterocycles. The van der Waals surface area contributed by atoms with Crippen LogP contribution < -0.4 is 5.73 Å². The maximum absolute atomic E-state index is 9.59. The topological polar surface area (TPSA) is 92.3 Å². The molecule has 0 aliphatic carbocycles. The maximum atomic E-state index is 9.59. The van der Waals surface area contributed by atoms with Gasteiger partial charge in [0.15, 0.2) is 11.0 Å². The largest absolute Gasteiger partial charge is 0.389 e. The second-order valence-electron chi connectivity index (χ2n) is 2.70. The zero-order valence-corrected chi connectivity index (χ0v) is 8.78. The van der Waals surface area contributed by atoms with Crippen molar-refractivity contribution in [2.24, 2.45) is 0 Å². The van der Waals surface area contributed by atoms with Gasteiger partial charge in [-0.15, -0.1) is 10.2 Å². The minimum Gasteiger partial charge on any atom is -0.389 e. The van der Waals surface area contributed by atoms with Crippen LogP contribution >= 0.6 is 24.2 Å². The van der Waals surface area contributed by atoms with Crippen LogP contribution in [0.25, 0.3) is 0 Å². The summed E-state index contributed by atoms with van der Waals surface area (Å²) in [6.45, 7) is 0. The highest BCUT2D eigenvalue weighted by Gasteiger charge is 2.20. The van der Waals surface area contributed by atoms with E-state index in [1.807, 2.05) is 0 Å². The van der Waals surface area contributed by atoms with Crippen LogP contribution in [0, 0.1) is 0 Å². The zero-order valence-electron chi connectivity index (χ0n) is 7.13. The third-order valence-corrected chi connectivity index (χ3v) is 2.25. The molecular formula is C7H10ClN3O2S. The van der Waals surface area contributed by atoms with Crippen LogP contribution in [-0.2, 0) is 0 Å². The lowest BCUT2D eigenvalue weighted by Gasteiger charge is -2.16. The van der Waals surface area contributed by atoms with E-state index >= 15 is 0 Å². The Hall–Kier alpha value is -0.560. The predicted molar refractivity (Wildman–Crippen MR) is 56.3 cm³/mol. The molecule has 0 bridgehead atoms. The summed E-state index contributed by atoms with van der Waals surface area (Å²) in [4.78, 5) is 0. The first-order valence-corrected chi connectivity index (χ1v) is 4.83. The van der Waals surface area contributed by atoms with Crippen molar-refractivity contribution in [3.63, 3.8) is 0 Å². The summed E-state index contributed by atoms with van der Waals surface area (Å²) in [5.41, 5.74) is 5.71. The number of nitrogens with zero attached hydrogens (tertiary/aromatic N) is 2. The summed E-state index contributed by atoms with van der Waals surface area (Å²) >= 11 is 9.41. The Morgan fingerprint density at radius 1 is 1.50 bits per heavy atom. The molecule has 78 valence electrons. The van der Waals surface area contributed by atoms with Crippen LogP contribution in [0.1, 0.15) is 11.7 Å². The fourth-order valence-corrected chi connectivity index (χ4v) is 1.29. The van der Waals surface area contributed by atoms with Gasteiger partial charge in [0.1, 0.15) is 6.10 Å². The van der Waals surface area contributed by atoms with Gasteiger partial charge in [0.05, 0.1) is 6.10 Å². The first kappa shape index (κ1) is 11.5. The van der Waals surface area contributed by atoms with Gasteiger partial charge in [-0.3, -0.25) is 0 Å². The minimum absolute atomic E-state index is 0.0442. The van der Waals surface area contributed by atoms with Gasteiger partial charge >= 0.3 is 0 Å². The highest BCUT2D eigenvalue weighted by molar-refractivity contribution is 7.80. The quantitative estimate of drug-likeness (QED) is 0.555. The Bertz CT molecular complexity index is 326. The van der Waals surface area contributed by atoms with Crippen LogP contribution in [0.15, 0.2) is 6.07 Å². The number of aliphatic hydroxyl groups excluding tert-OH is 2. The SMILES string of the molecule is Nc1nnc(Cl)cc1C(O)C(O)CS. The Morgan fingerprint density at radius 2 is 2.14 bits per heavy atom. The van der Waals surface area contributed by atoms with Crippen molar-refractivity contribution in [2.75, 3.05) is 11.5 Å². The standard InChI is InChI=1S/C7H10ClN3O2S/c8-5-1-3(7(9)11-10-5)6(13)4(12)2-14/h1,4,6,12-14H,2H2,(H2,9,11). The van der Waals surface area contributed by atoms with Crippen molar-refractivity contribution >= 4 is 30.0 Å². The predicted octanol–water partition coefficient (Wildman–Crippen LogP) is 0.0363. The second-order valence-corrected chi connectivity index (χ2v) is 3.45. The van der Waals surface area contributed by atoms with Crippen molar-refractivity contribution in [2.45, 2.75) is 12.2 Å². The third kappa shape index (κ3) is 2.48. The summed E-state index contributed by atoms with van der Waals surface area (Å²) in [5, 5.41) is 26.0. The second kappa shape index (κ2) is 4.79. The van der Waals surface area contributed by atoms with Gasteiger partial charge in [-0.05, 0) is 6.07 Å². The molecule has 0 aliphatic heterocycles.